The third-order valence-electron chi connectivity index (χ3n) is 2.42. The molecule has 0 unspecified atom stereocenters. The average molecular weight is 344 g/mol. The third-order valence-corrected chi connectivity index (χ3v) is 4.19. The molecule has 0 spiro atoms. The van der Waals surface area contributed by atoms with E-state index in [0.29, 0.717) is 15.7 Å². The highest BCUT2D eigenvalue weighted by molar-refractivity contribution is 7.12. The first-order valence-corrected chi connectivity index (χ1v) is 7.71. The van der Waals surface area contributed by atoms with Crippen LogP contribution < -0.4 is 0 Å². The molecule has 0 aliphatic heterocycles. The summed E-state index contributed by atoms with van der Waals surface area (Å²) in [6, 6.07) is 0. The average Bonchev–Trinajstić information content (AvgIpc) is 3.07. The van der Waals surface area contributed by atoms with Crippen molar-refractivity contribution in [2.75, 3.05) is 0 Å². The molecule has 22 heavy (non-hydrogen) atoms. The van der Waals surface area contributed by atoms with E-state index in [1.54, 1.807) is 12.3 Å². The van der Waals surface area contributed by atoms with Crippen molar-refractivity contribution in [2.45, 2.75) is 19.6 Å². The number of hydrogen-bond acceptors (Lipinski definition) is 6. The van der Waals surface area contributed by atoms with E-state index in [-0.39, 0.29) is 6.54 Å². The van der Waals surface area contributed by atoms with E-state index in [2.05, 4.69) is 26.7 Å². The second-order valence-corrected chi connectivity index (χ2v) is 6.28. The molecule has 9 heteroatoms. The molecule has 2 rings (SSSR count). The number of nitrogens with zero attached hydrogens (tertiary/aromatic N) is 4. The molecule has 0 atom stereocenters. The maximum Gasteiger partial charge on any atom is 0.434 e. The van der Waals surface area contributed by atoms with E-state index >= 15 is 0 Å². The number of aromatic nitrogens is 2. The van der Waals surface area contributed by atoms with Crippen LogP contribution in [0.15, 0.2) is 27.6 Å². The van der Waals surface area contributed by atoms with Gasteiger partial charge in [0.15, 0.2) is 5.69 Å². The van der Waals surface area contributed by atoms with Gasteiger partial charge in [-0.3, -0.25) is 9.98 Å². The number of rotatable bonds is 5. The molecule has 0 aromatic carbocycles. The summed E-state index contributed by atoms with van der Waals surface area (Å²) in [7, 11) is 0. The van der Waals surface area contributed by atoms with Crippen molar-refractivity contribution in [1.82, 2.24) is 9.97 Å². The van der Waals surface area contributed by atoms with Crippen molar-refractivity contribution in [1.29, 1.82) is 0 Å². The molecule has 0 radical (unpaired) electrons. The van der Waals surface area contributed by atoms with Gasteiger partial charge in [-0.05, 0) is 19.7 Å². The summed E-state index contributed by atoms with van der Waals surface area (Å²) in [4.78, 5) is 16.6. The van der Waals surface area contributed by atoms with E-state index in [1.165, 1.54) is 17.6 Å². The Morgan fingerprint density at radius 1 is 1.45 bits per heavy atom. The van der Waals surface area contributed by atoms with Gasteiger partial charge in [-0.2, -0.15) is 13.2 Å². The summed E-state index contributed by atoms with van der Waals surface area (Å²) in [5.41, 5.74) is -0.318. The van der Waals surface area contributed by atoms with Crippen molar-refractivity contribution in [3.8, 4) is 0 Å². The first-order valence-electron chi connectivity index (χ1n) is 6.01. The summed E-state index contributed by atoms with van der Waals surface area (Å²) in [6.07, 6.45) is 0.393. The van der Waals surface area contributed by atoms with Crippen LogP contribution in [0.25, 0.3) is 5.70 Å². The Bertz CT molecular complexity index is 713. The summed E-state index contributed by atoms with van der Waals surface area (Å²) in [5, 5.41) is 2.00. The van der Waals surface area contributed by atoms with Gasteiger partial charge in [0.1, 0.15) is 10.0 Å². The van der Waals surface area contributed by atoms with Crippen LogP contribution in [0.1, 0.15) is 20.6 Å². The van der Waals surface area contributed by atoms with Crippen LogP contribution in [0.4, 0.5) is 13.2 Å². The molecule has 2 aromatic rings. The molecule has 2 heterocycles. The number of alkyl halides is 3. The zero-order valence-electron chi connectivity index (χ0n) is 11.5. The van der Waals surface area contributed by atoms with Gasteiger partial charge in [0, 0.05) is 22.7 Å². The first kappa shape index (κ1) is 16.5. The number of hydrogen-bond donors (Lipinski definition) is 0. The number of thiazole rings is 2. The van der Waals surface area contributed by atoms with Crippen molar-refractivity contribution in [3.63, 3.8) is 0 Å². The predicted octanol–water partition coefficient (Wildman–Crippen LogP) is 4.24. The summed E-state index contributed by atoms with van der Waals surface area (Å²) in [6.45, 7) is 5.47. The highest BCUT2D eigenvalue weighted by Gasteiger charge is 2.33. The largest absolute Gasteiger partial charge is 0.434 e. The van der Waals surface area contributed by atoms with E-state index < -0.39 is 11.9 Å². The van der Waals surface area contributed by atoms with Crippen LogP contribution in [-0.4, -0.2) is 22.9 Å². The molecule has 0 bridgehead atoms. The lowest BCUT2D eigenvalue weighted by atomic mass is 10.4. The van der Waals surface area contributed by atoms with Gasteiger partial charge in [0.2, 0.25) is 0 Å². The molecule has 0 saturated carbocycles. The van der Waals surface area contributed by atoms with Crippen LogP contribution >= 0.6 is 22.7 Å². The van der Waals surface area contributed by atoms with Gasteiger partial charge in [0.05, 0.1) is 12.2 Å². The summed E-state index contributed by atoms with van der Waals surface area (Å²) in [5.74, 6) is 0. The zero-order valence-corrected chi connectivity index (χ0v) is 13.1. The molecule has 0 saturated heterocycles. The van der Waals surface area contributed by atoms with Gasteiger partial charge in [-0.15, -0.1) is 22.7 Å². The summed E-state index contributed by atoms with van der Waals surface area (Å²) >= 11 is 2.40. The van der Waals surface area contributed by atoms with Crippen molar-refractivity contribution >= 4 is 41.3 Å². The molecule has 0 N–H and O–H groups in total. The quantitative estimate of drug-likeness (QED) is 0.762. The fourth-order valence-corrected chi connectivity index (χ4v) is 2.92. The van der Waals surface area contributed by atoms with Crippen molar-refractivity contribution in [3.05, 3.63) is 38.2 Å². The van der Waals surface area contributed by atoms with Crippen molar-refractivity contribution < 1.29 is 13.2 Å². The third kappa shape index (κ3) is 4.31. The Labute approximate surface area is 132 Å². The Balaban J connectivity index is 2.01. The lowest BCUT2D eigenvalue weighted by Crippen LogP contribution is -2.05. The van der Waals surface area contributed by atoms with E-state index in [0.717, 1.165) is 21.6 Å². The number of allylic oxidation sites excluding steroid dienone is 1. The normalized spacial score (nSPS) is 13.0. The molecule has 0 aliphatic carbocycles. The van der Waals surface area contributed by atoms with E-state index in [9.17, 15) is 13.2 Å². The molecule has 4 nitrogen and oxygen atoms in total. The minimum Gasteiger partial charge on any atom is -0.286 e. The molecule has 0 aliphatic rings. The highest BCUT2D eigenvalue weighted by Crippen LogP contribution is 2.30. The van der Waals surface area contributed by atoms with Crippen LogP contribution in [0.5, 0.6) is 0 Å². The topological polar surface area (TPSA) is 50.5 Å². The van der Waals surface area contributed by atoms with Crippen LogP contribution in [-0.2, 0) is 12.7 Å². The predicted molar refractivity (Wildman–Crippen MR) is 83.7 cm³/mol. The SMILES string of the molecule is C=N/C(=C\C=NCc1nc(C(F)(F)F)cs1)c1ncc(C)s1. The number of aryl methyl sites for hydroxylation is 1. The van der Waals surface area contributed by atoms with Gasteiger partial charge in [-0.1, -0.05) is 0 Å². The van der Waals surface area contributed by atoms with Crippen LogP contribution in [0.3, 0.4) is 0 Å². The molecule has 0 fully saturated rings. The first-order chi connectivity index (χ1) is 10.4. The lowest BCUT2D eigenvalue weighted by molar-refractivity contribution is -0.140. The maximum absolute atomic E-state index is 12.4. The molecular formula is C13H11F3N4S2. The van der Waals surface area contributed by atoms with E-state index in [4.69, 9.17) is 0 Å². The minimum atomic E-state index is -4.42. The number of halogens is 3. The van der Waals surface area contributed by atoms with Gasteiger partial charge in [0.25, 0.3) is 0 Å². The second kappa shape index (κ2) is 6.93. The Kier molecular flexibility index (Phi) is 5.19. The van der Waals surface area contributed by atoms with E-state index in [1.807, 2.05) is 6.92 Å². The maximum atomic E-state index is 12.4. The second-order valence-electron chi connectivity index (χ2n) is 4.10. The minimum absolute atomic E-state index is 0.0819. The highest BCUT2D eigenvalue weighted by atomic mass is 32.1. The van der Waals surface area contributed by atoms with Gasteiger partial charge < -0.3 is 0 Å². The smallest absolute Gasteiger partial charge is 0.286 e. The van der Waals surface area contributed by atoms with Gasteiger partial charge in [-0.25, -0.2) is 9.97 Å². The molecule has 0 amide bonds. The summed E-state index contributed by atoms with van der Waals surface area (Å²) < 4.78 is 37.2. The Morgan fingerprint density at radius 2 is 2.23 bits per heavy atom. The Hall–Kier alpha value is -1.87. The fourth-order valence-electron chi connectivity index (χ4n) is 1.43. The van der Waals surface area contributed by atoms with Gasteiger partial charge >= 0.3 is 6.18 Å². The fraction of sp³-hybridized carbons (Fsp3) is 0.231. The lowest BCUT2D eigenvalue weighted by Gasteiger charge is -1.99. The molecule has 2 aromatic heterocycles. The number of aliphatic imine (C=N–C) groups is 2. The van der Waals surface area contributed by atoms with Crippen LogP contribution in [0, 0.1) is 6.92 Å². The Morgan fingerprint density at radius 3 is 2.77 bits per heavy atom. The standard InChI is InChI=1S/C13H11F3N4S2/c1-8-5-19-12(22-8)9(17-2)3-4-18-6-11-20-10(7-21-11)13(14,15)16/h3-5,7H,2,6H2,1H3/b9-3-,18-4?. The van der Waals surface area contributed by atoms with Crippen molar-refractivity contribution in [2.24, 2.45) is 9.98 Å². The zero-order chi connectivity index (χ0) is 16.2. The molecular weight excluding hydrogens is 333 g/mol. The monoisotopic (exact) mass is 344 g/mol. The molecule has 116 valence electrons. The van der Waals surface area contributed by atoms with Crippen LogP contribution in [0.2, 0.25) is 0 Å².